The molecule has 1 aliphatic carbocycles. The smallest absolute Gasteiger partial charge is 0.326 e. The molecule has 2 unspecified atom stereocenters. The zero-order valence-corrected chi connectivity index (χ0v) is 13.4. The summed E-state index contributed by atoms with van der Waals surface area (Å²) in [5, 5.41) is 12.2. The second-order valence-corrected chi connectivity index (χ2v) is 6.25. The lowest BCUT2D eigenvalue weighted by molar-refractivity contribution is -0.139. The van der Waals surface area contributed by atoms with Gasteiger partial charge in [-0.05, 0) is 54.9 Å². The summed E-state index contributed by atoms with van der Waals surface area (Å²) in [5.41, 5.74) is 3.00. The largest absolute Gasteiger partial charge is 0.480 e. The van der Waals surface area contributed by atoms with Crippen molar-refractivity contribution in [3.05, 3.63) is 71.3 Å². The third-order valence-corrected chi connectivity index (χ3v) is 4.65. The molecule has 1 amide bonds. The number of benzene rings is 2. The van der Waals surface area contributed by atoms with Crippen LogP contribution in [0.3, 0.4) is 0 Å². The van der Waals surface area contributed by atoms with Gasteiger partial charge in [-0.3, -0.25) is 4.79 Å². The van der Waals surface area contributed by atoms with Gasteiger partial charge in [0.1, 0.15) is 6.04 Å². The number of amides is 1. The highest BCUT2D eigenvalue weighted by Gasteiger charge is 2.28. The van der Waals surface area contributed by atoms with Gasteiger partial charge in [0.05, 0.1) is 0 Å². The van der Waals surface area contributed by atoms with Crippen LogP contribution in [-0.2, 0) is 11.2 Å². The predicted octanol–water partition coefficient (Wildman–Crippen LogP) is 3.38. The Morgan fingerprint density at radius 1 is 1.08 bits per heavy atom. The quantitative estimate of drug-likeness (QED) is 0.886. The zero-order valence-electron chi connectivity index (χ0n) is 13.4. The van der Waals surface area contributed by atoms with Crippen molar-refractivity contribution in [1.82, 2.24) is 5.32 Å². The first-order valence-corrected chi connectivity index (χ1v) is 8.31. The molecule has 0 aliphatic heterocycles. The van der Waals surface area contributed by atoms with Crippen LogP contribution in [0.15, 0.2) is 54.6 Å². The fourth-order valence-corrected chi connectivity index (χ4v) is 3.44. The SMILES string of the molecule is O=C(NC(CC1CCCc2ccccc21)C(=O)O)c1ccccc1. The number of carbonyl (C=O) groups excluding carboxylic acids is 1. The minimum Gasteiger partial charge on any atom is -0.480 e. The molecule has 0 saturated heterocycles. The molecule has 24 heavy (non-hydrogen) atoms. The Morgan fingerprint density at radius 3 is 2.54 bits per heavy atom. The van der Waals surface area contributed by atoms with Gasteiger partial charge in [-0.2, -0.15) is 0 Å². The van der Waals surface area contributed by atoms with Gasteiger partial charge in [-0.1, -0.05) is 42.5 Å². The van der Waals surface area contributed by atoms with Crippen LogP contribution in [0.2, 0.25) is 0 Å². The number of carbonyl (C=O) groups is 2. The monoisotopic (exact) mass is 323 g/mol. The molecule has 0 spiro atoms. The van der Waals surface area contributed by atoms with Gasteiger partial charge in [0.15, 0.2) is 0 Å². The van der Waals surface area contributed by atoms with Crippen molar-refractivity contribution in [2.45, 2.75) is 37.6 Å². The van der Waals surface area contributed by atoms with Crippen LogP contribution >= 0.6 is 0 Å². The normalized spacial score (nSPS) is 17.6. The van der Waals surface area contributed by atoms with E-state index in [9.17, 15) is 14.7 Å². The summed E-state index contributed by atoms with van der Waals surface area (Å²) in [4.78, 5) is 23.9. The van der Waals surface area contributed by atoms with Crippen LogP contribution < -0.4 is 5.32 Å². The molecule has 4 nitrogen and oxygen atoms in total. The number of carboxylic acid groups (broad SMARTS) is 1. The van der Waals surface area contributed by atoms with Crippen molar-refractivity contribution in [1.29, 1.82) is 0 Å². The van der Waals surface area contributed by atoms with Crippen LogP contribution in [0.25, 0.3) is 0 Å². The standard InChI is InChI=1S/C20H21NO3/c22-19(15-8-2-1-3-9-15)21-18(20(23)24)13-16-11-6-10-14-7-4-5-12-17(14)16/h1-5,7-9,12,16,18H,6,10-11,13H2,(H,21,22)(H,23,24). The summed E-state index contributed by atoms with van der Waals surface area (Å²) in [5.74, 6) is -1.15. The maximum Gasteiger partial charge on any atom is 0.326 e. The molecule has 0 saturated carbocycles. The van der Waals surface area contributed by atoms with E-state index in [1.54, 1.807) is 24.3 Å². The Bertz CT molecular complexity index is 727. The fourth-order valence-electron chi connectivity index (χ4n) is 3.44. The summed E-state index contributed by atoms with van der Waals surface area (Å²) in [6.45, 7) is 0. The molecule has 2 aromatic rings. The average Bonchev–Trinajstić information content (AvgIpc) is 2.62. The van der Waals surface area contributed by atoms with Crippen LogP contribution in [0.5, 0.6) is 0 Å². The van der Waals surface area contributed by atoms with Crippen molar-refractivity contribution in [2.75, 3.05) is 0 Å². The first-order chi connectivity index (χ1) is 11.6. The lowest BCUT2D eigenvalue weighted by atomic mass is 9.79. The van der Waals surface area contributed by atoms with Crippen molar-refractivity contribution < 1.29 is 14.7 Å². The van der Waals surface area contributed by atoms with Crippen LogP contribution in [-0.4, -0.2) is 23.0 Å². The van der Waals surface area contributed by atoms with Gasteiger partial charge in [0.25, 0.3) is 5.91 Å². The first-order valence-electron chi connectivity index (χ1n) is 8.31. The minimum absolute atomic E-state index is 0.173. The van der Waals surface area contributed by atoms with E-state index in [-0.39, 0.29) is 11.8 Å². The van der Waals surface area contributed by atoms with E-state index in [4.69, 9.17) is 0 Å². The fraction of sp³-hybridized carbons (Fsp3) is 0.300. The van der Waals surface area contributed by atoms with E-state index in [2.05, 4.69) is 17.4 Å². The molecule has 2 atom stereocenters. The van der Waals surface area contributed by atoms with E-state index in [0.29, 0.717) is 12.0 Å². The van der Waals surface area contributed by atoms with Crippen LogP contribution in [0.1, 0.15) is 46.7 Å². The third-order valence-electron chi connectivity index (χ3n) is 4.65. The third kappa shape index (κ3) is 3.65. The van der Waals surface area contributed by atoms with Crippen molar-refractivity contribution >= 4 is 11.9 Å². The lowest BCUT2D eigenvalue weighted by Gasteiger charge is -2.28. The summed E-state index contributed by atoms with van der Waals surface area (Å²) in [7, 11) is 0. The molecule has 0 bridgehead atoms. The number of nitrogens with one attached hydrogen (secondary N) is 1. The number of fused-ring (bicyclic) bond motifs is 1. The van der Waals surface area contributed by atoms with Gasteiger partial charge in [0, 0.05) is 5.56 Å². The predicted molar refractivity (Wildman–Crippen MR) is 92.1 cm³/mol. The zero-order chi connectivity index (χ0) is 16.9. The van der Waals surface area contributed by atoms with E-state index in [0.717, 1.165) is 19.3 Å². The Labute approximate surface area is 141 Å². The highest BCUT2D eigenvalue weighted by molar-refractivity contribution is 5.96. The molecule has 1 aliphatic rings. The summed E-state index contributed by atoms with van der Waals surface area (Å²) in [6.07, 6.45) is 3.48. The molecule has 2 aromatic carbocycles. The molecule has 0 fully saturated rings. The molecule has 4 heteroatoms. The number of hydrogen-bond acceptors (Lipinski definition) is 2. The van der Waals surface area contributed by atoms with Gasteiger partial charge >= 0.3 is 5.97 Å². The summed E-state index contributed by atoms with van der Waals surface area (Å²) in [6, 6.07) is 16.1. The van der Waals surface area contributed by atoms with Gasteiger partial charge in [-0.15, -0.1) is 0 Å². The van der Waals surface area contributed by atoms with Gasteiger partial charge < -0.3 is 10.4 Å². The minimum atomic E-state index is -0.984. The number of rotatable bonds is 5. The van der Waals surface area contributed by atoms with E-state index in [1.807, 2.05) is 18.2 Å². The Balaban J connectivity index is 1.74. The molecule has 124 valence electrons. The summed E-state index contributed by atoms with van der Waals surface area (Å²) >= 11 is 0. The Hall–Kier alpha value is -2.62. The van der Waals surface area contributed by atoms with E-state index in [1.165, 1.54) is 11.1 Å². The number of aliphatic carboxylic acids is 1. The maximum absolute atomic E-state index is 12.3. The van der Waals surface area contributed by atoms with Crippen molar-refractivity contribution in [3.63, 3.8) is 0 Å². The second kappa shape index (κ2) is 7.30. The van der Waals surface area contributed by atoms with Crippen molar-refractivity contribution in [3.8, 4) is 0 Å². The molecule has 0 aromatic heterocycles. The molecular formula is C20H21NO3. The first kappa shape index (κ1) is 16.2. The molecule has 2 N–H and O–H groups in total. The van der Waals surface area contributed by atoms with Crippen LogP contribution in [0.4, 0.5) is 0 Å². The van der Waals surface area contributed by atoms with Gasteiger partial charge in [-0.25, -0.2) is 4.79 Å². The lowest BCUT2D eigenvalue weighted by Crippen LogP contribution is -2.42. The van der Waals surface area contributed by atoms with Crippen molar-refractivity contribution in [2.24, 2.45) is 0 Å². The molecule has 3 rings (SSSR count). The van der Waals surface area contributed by atoms with E-state index >= 15 is 0 Å². The summed E-state index contributed by atoms with van der Waals surface area (Å²) < 4.78 is 0. The Morgan fingerprint density at radius 2 is 1.79 bits per heavy atom. The number of aryl methyl sites for hydroxylation is 1. The number of carboxylic acids is 1. The van der Waals surface area contributed by atoms with Crippen LogP contribution in [0, 0.1) is 0 Å². The molecule has 0 heterocycles. The van der Waals surface area contributed by atoms with E-state index < -0.39 is 12.0 Å². The molecular weight excluding hydrogens is 302 g/mol. The maximum atomic E-state index is 12.3. The highest BCUT2D eigenvalue weighted by Crippen LogP contribution is 2.34. The average molecular weight is 323 g/mol. The van der Waals surface area contributed by atoms with Gasteiger partial charge in [0.2, 0.25) is 0 Å². The Kier molecular flexibility index (Phi) is 4.94. The second-order valence-electron chi connectivity index (χ2n) is 6.25. The molecule has 0 radical (unpaired) electrons. The topological polar surface area (TPSA) is 66.4 Å². The number of hydrogen-bond donors (Lipinski definition) is 2. The highest BCUT2D eigenvalue weighted by atomic mass is 16.4.